The predicted molar refractivity (Wildman–Crippen MR) is 112 cm³/mol. The maximum absolute atomic E-state index is 13.2. The van der Waals surface area contributed by atoms with Crippen molar-refractivity contribution in [1.82, 2.24) is 19.9 Å². The number of amides is 1. The minimum Gasteiger partial charge on any atom is -0.345 e. The number of aryl methyl sites for hydroxylation is 1. The van der Waals surface area contributed by atoms with E-state index in [1.54, 1.807) is 19.1 Å². The van der Waals surface area contributed by atoms with Crippen LogP contribution < -0.4 is 16.6 Å². The summed E-state index contributed by atoms with van der Waals surface area (Å²) in [5.41, 5.74) is 0.852. The zero-order valence-corrected chi connectivity index (χ0v) is 16.9. The van der Waals surface area contributed by atoms with Crippen molar-refractivity contribution >= 4 is 28.5 Å². The Labute approximate surface area is 171 Å². The standard InChI is InChI=1S/C21H21ClN4O3/c1-3-26-18-17(20(28)25-21(26)29)14(10-16(24-18)12-8-9-12)19(27)23-11(2)13-6-4-5-7-15(13)22/h4-7,10-12H,3,8-9H2,1-2H3,(H,23,27)(H,25,28,29). The molecule has 1 aromatic carbocycles. The summed E-state index contributed by atoms with van der Waals surface area (Å²) in [7, 11) is 0. The first-order valence-corrected chi connectivity index (χ1v) is 10.0. The van der Waals surface area contributed by atoms with Gasteiger partial charge in [-0.3, -0.25) is 19.1 Å². The highest BCUT2D eigenvalue weighted by Crippen LogP contribution is 2.40. The average Bonchev–Trinajstić information content (AvgIpc) is 3.52. The predicted octanol–water partition coefficient (Wildman–Crippen LogP) is 3.13. The maximum Gasteiger partial charge on any atom is 0.329 e. The fraction of sp³-hybridized carbons (Fsp3) is 0.333. The molecule has 1 saturated carbocycles. The molecule has 0 bridgehead atoms. The number of hydrogen-bond acceptors (Lipinski definition) is 4. The third-order valence-corrected chi connectivity index (χ3v) is 5.59. The number of carbonyl (C=O) groups excluding carboxylic acids is 1. The lowest BCUT2D eigenvalue weighted by Gasteiger charge is -2.17. The molecule has 0 radical (unpaired) electrons. The fourth-order valence-corrected chi connectivity index (χ4v) is 3.83. The van der Waals surface area contributed by atoms with E-state index in [1.165, 1.54) is 4.57 Å². The van der Waals surface area contributed by atoms with Crippen molar-refractivity contribution in [2.24, 2.45) is 0 Å². The number of H-pyrrole nitrogens is 1. The van der Waals surface area contributed by atoms with Crippen LogP contribution in [0.2, 0.25) is 5.02 Å². The average molecular weight is 413 g/mol. The number of benzene rings is 1. The van der Waals surface area contributed by atoms with Gasteiger partial charge in [0.15, 0.2) is 5.65 Å². The van der Waals surface area contributed by atoms with Crippen LogP contribution in [-0.4, -0.2) is 20.4 Å². The molecule has 0 saturated heterocycles. The number of fused-ring (bicyclic) bond motifs is 1. The van der Waals surface area contributed by atoms with Gasteiger partial charge in [0.1, 0.15) is 0 Å². The lowest BCUT2D eigenvalue weighted by Crippen LogP contribution is -2.33. The van der Waals surface area contributed by atoms with E-state index in [4.69, 9.17) is 11.6 Å². The van der Waals surface area contributed by atoms with Crippen LogP contribution >= 0.6 is 11.6 Å². The van der Waals surface area contributed by atoms with Gasteiger partial charge in [0.2, 0.25) is 0 Å². The Morgan fingerprint density at radius 1 is 1.34 bits per heavy atom. The molecule has 1 aliphatic rings. The molecule has 0 aliphatic heterocycles. The molecule has 1 fully saturated rings. The van der Waals surface area contributed by atoms with Crippen molar-refractivity contribution in [2.75, 3.05) is 0 Å². The number of nitrogens with zero attached hydrogens (tertiary/aromatic N) is 2. The van der Waals surface area contributed by atoms with Crippen LogP contribution in [0.5, 0.6) is 0 Å². The lowest BCUT2D eigenvalue weighted by molar-refractivity contribution is 0.0941. The van der Waals surface area contributed by atoms with E-state index in [9.17, 15) is 14.4 Å². The Morgan fingerprint density at radius 2 is 2.07 bits per heavy atom. The quantitative estimate of drug-likeness (QED) is 0.672. The molecule has 1 unspecified atom stereocenters. The van der Waals surface area contributed by atoms with E-state index in [2.05, 4.69) is 15.3 Å². The van der Waals surface area contributed by atoms with Crippen molar-refractivity contribution in [3.63, 3.8) is 0 Å². The molecule has 4 rings (SSSR count). The molecule has 2 N–H and O–H groups in total. The first kappa shape index (κ1) is 19.4. The van der Waals surface area contributed by atoms with Crippen LogP contribution in [0.15, 0.2) is 39.9 Å². The summed E-state index contributed by atoms with van der Waals surface area (Å²) in [4.78, 5) is 44.8. The summed E-state index contributed by atoms with van der Waals surface area (Å²) in [5, 5.41) is 3.60. The number of rotatable bonds is 5. The molecule has 1 atom stereocenters. The number of hydrogen-bond donors (Lipinski definition) is 2. The van der Waals surface area contributed by atoms with Gasteiger partial charge in [-0.25, -0.2) is 9.78 Å². The first-order chi connectivity index (χ1) is 13.9. The Hall–Kier alpha value is -2.93. The fourth-order valence-electron chi connectivity index (χ4n) is 3.53. The van der Waals surface area contributed by atoms with Crippen LogP contribution in [-0.2, 0) is 6.54 Å². The molecule has 2 aromatic heterocycles. The highest BCUT2D eigenvalue weighted by atomic mass is 35.5. The molecule has 7 nitrogen and oxygen atoms in total. The van der Waals surface area contributed by atoms with Crippen LogP contribution in [0.25, 0.3) is 11.0 Å². The zero-order chi connectivity index (χ0) is 20.7. The third-order valence-electron chi connectivity index (χ3n) is 5.24. The van der Waals surface area contributed by atoms with E-state index in [0.29, 0.717) is 11.6 Å². The third kappa shape index (κ3) is 3.58. The molecule has 3 aromatic rings. The summed E-state index contributed by atoms with van der Waals surface area (Å²) in [6.07, 6.45) is 1.96. The van der Waals surface area contributed by atoms with E-state index in [0.717, 1.165) is 24.1 Å². The largest absolute Gasteiger partial charge is 0.345 e. The second kappa shape index (κ2) is 7.48. The molecule has 1 amide bonds. The van der Waals surface area contributed by atoms with Gasteiger partial charge in [0.05, 0.1) is 17.0 Å². The Kier molecular flexibility index (Phi) is 5.00. The zero-order valence-electron chi connectivity index (χ0n) is 16.2. The van der Waals surface area contributed by atoms with Gasteiger partial charge in [-0.1, -0.05) is 29.8 Å². The molecular weight excluding hydrogens is 392 g/mol. The maximum atomic E-state index is 13.2. The Balaban J connectivity index is 1.84. The van der Waals surface area contributed by atoms with Gasteiger partial charge >= 0.3 is 5.69 Å². The summed E-state index contributed by atoms with van der Waals surface area (Å²) < 4.78 is 1.39. The van der Waals surface area contributed by atoms with Crippen LogP contribution in [0.1, 0.15) is 60.3 Å². The molecule has 29 heavy (non-hydrogen) atoms. The van der Waals surface area contributed by atoms with Crippen molar-refractivity contribution in [3.05, 3.63) is 73.0 Å². The molecule has 1 aliphatic carbocycles. The molecule has 0 spiro atoms. The van der Waals surface area contributed by atoms with Crippen LogP contribution in [0.4, 0.5) is 0 Å². The number of aromatic amines is 1. The summed E-state index contributed by atoms with van der Waals surface area (Å²) in [6.45, 7) is 3.96. The summed E-state index contributed by atoms with van der Waals surface area (Å²) >= 11 is 6.25. The second-order valence-electron chi connectivity index (χ2n) is 7.29. The number of pyridine rings is 1. The normalized spacial score (nSPS) is 14.7. The SMILES string of the molecule is CCn1c(=O)[nH]c(=O)c2c(C(=O)NC(C)c3ccccc3Cl)cc(C3CC3)nc21. The van der Waals surface area contributed by atoms with Crippen molar-refractivity contribution < 1.29 is 4.79 Å². The Morgan fingerprint density at radius 3 is 2.72 bits per heavy atom. The Bertz CT molecular complexity index is 1230. The molecule has 8 heteroatoms. The monoisotopic (exact) mass is 412 g/mol. The first-order valence-electron chi connectivity index (χ1n) is 9.63. The number of halogens is 1. The van der Waals surface area contributed by atoms with E-state index in [-0.39, 0.29) is 28.6 Å². The summed E-state index contributed by atoms with van der Waals surface area (Å²) in [5.74, 6) is -0.148. The topological polar surface area (TPSA) is 96.9 Å². The van der Waals surface area contributed by atoms with Crippen LogP contribution in [0, 0.1) is 0 Å². The minimum atomic E-state index is -0.611. The van der Waals surface area contributed by atoms with Gasteiger partial charge < -0.3 is 5.32 Å². The number of aromatic nitrogens is 3. The van der Waals surface area contributed by atoms with E-state index < -0.39 is 17.2 Å². The highest BCUT2D eigenvalue weighted by molar-refractivity contribution is 6.31. The van der Waals surface area contributed by atoms with Gasteiger partial charge in [0.25, 0.3) is 11.5 Å². The smallest absolute Gasteiger partial charge is 0.329 e. The van der Waals surface area contributed by atoms with Gasteiger partial charge in [-0.15, -0.1) is 0 Å². The van der Waals surface area contributed by atoms with Gasteiger partial charge in [-0.2, -0.15) is 0 Å². The molecule has 2 heterocycles. The number of carbonyl (C=O) groups is 1. The lowest BCUT2D eigenvalue weighted by atomic mass is 10.1. The van der Waals surface area contributed by atoms with E-state index >= 15 is 0 Å². The molecule has 150 valence electrons. The van der Waals surface area contributed by atoms with Crippen LogP contribution in [0.3, 0.4) is 0 Å². The van der Waals surface area contributed by atoms with Crippen molar-refractivity contribution in [2.45, 2.75) is 45.2 Å². The van der Waals surface area contributed by atoms with Gasteiger partial charge in [-0.05, 0) is 44.4 Å². The second-order valence-corrected chi connectivity index (χ2v) is 7.69. The van der Waals surface area contributed by atoms with Crippen molar-refractivity contribution in [3.8, 4) is 0 Å². The molecular formula is C21H21ClN4O3. The van der Waals surface area contributed by atoms with Crippen molar-refractivity contribution in [1.29, 1.82) is 0 Å². The highest BCUT2D eigenvalue weighted by Gasteiger charge is 2.29. The number of nitrogens with one attached hydrogen (secondary N) is 2. The van der Waals surface area contributed by atoms with E-state index in [1.807, 2.05) is 25.1 Å². The summed E-state index contributed by atoms with van der Waals surface area (Å²) in [6, 6.07) is 8.59. The van der Waals surface area contributed by atoms with Gasteiger partial charge in [0, 0.05) is 23.2 Å². The minimum absolute atomic E-state index is 0.125.